The molecule has 0 radical (unpaired) electrons. The van der Waals surface area contributed by atoms with E-state index >= 15 is 0 Å². The van der Waals surface area contributed by atoms with E-state index in [0.29, 0.717) is 24.9 Å². The first-order chi connectivity index (χ1) is 10.7. The van der Waals surface area contributed by atoms with Crippen LogP contribution in [0.2, 0.25) is 0 Å². The number of carbonyl (C=O) groups is 1. The predicted molar refractivity (Wildman–Crippen MR) is 80.7 cm³/mol. The lowest BCUT2D eigenvalue weighted by Gasteiger charge is -2.26. The van der Waals surface area contributed by atoms with Crippen LogP contribution in [-0.2, 0) is 22.7 Å². The molecule has 7 nitrogen and oxygen atoms in total. The molecule has 3 rings (SSSR count). The Balaban J connectivity index is 1.70. The number of rotatable bonds is 5. The van der Waals surface area contributed by atoms with Crippen LogP contribution in [0.4, 0.5) is 0 Å². The van der Waals surface area contributed by atoms with Crippen molar-refractivity contribution in [2.75, 3.05) is 13.7 Å². The molecule has 2 heterocycles. The largest absolute Gasteiger partial charge is 0.377 e. The van der Waals surface area contributed by atoms with Crippen LogP contribution in [-0.4, -0.2) is 34.3 Å². The van der Waals surface area contributed by atoms with Gasteiger partial charge in [-0.2, -0.15) is 5.10 Å². The summed E-state index contributed by atoms with van der Waals surface area (Å²) in [4.78, 5) is 17.1. The molecule has 1 aliphatic carbocycles. The molecule has 1 aromatic rings. The molecule has 3 N–H and O–H groups in total. The number of methoxy groups -OCH3 is 1. The summed E-state index contributed by atoms with van der Waals surface area (Å²) in [6.45, 7) is 1.85. The molecule has 22 heavy (non-hydrogen) atoms. The molecule has 0 aromatic carbocycles. The number of fused-ring (bicyclic) bond motifs is 1. The van der Waals surface area contributed by atoms with Gasteiger partial charge in [-0.1, -0.05) is 6.42 Å². The van der Waals surface area contributed by atoms with Crippen LogP contribution in [0.1, 0.15) is 49.8 Å². The average molecular weight is 307 g/mol. The molecule has 122 valence electrons. The molecule has 1 aliphatic heterocycles. The van der Waals surface area contributed by atoms with Gasteiger partial charge in [0.1, 0.15) is 12.4 Å². The molecule has 1 amide bonds. The minimum absolute atomic E-state index is 0.0432. The van der Waals surface area contributed by atoms with Gasteiger partial charge >= 0.3 is 0 Å². The SMILES string of the molecule is COCc1nc2n(n1)CCCC2NC(=O)[C@@H]1CCC[C@@H]1CN. The predicted octanol–water partition coefficient (Wildman–Crippen LogP) is 0.751. The summed E-state index contributed by atoms with van der Waals surface area (Å²) in [6, 6.07) is -0.0432. The van der Waals surface area contributed by atoms with Crippen molar-refractivity contribution in [3.05, 3.63) is 11.6 Å². The molecule has 2 aliphatic rings. The fourth-order valence-corrected chi connectivity index (χ4v) is 3.67. The summed E-state index contributed by atoms with van der Waals surface area (Å²) < 4.78 is 6.99. The van der Waals surface area contributed by atoms with E-state index in [1.807, 2.05) is 4.68 Å². The summed E-state index contributed by atoms with van der Waals surface area (Å²) in [6.07, 6.45) is 5.02. The van der Waals surface area contributed by atoms with E-state index in [9.17, 15) is 4.79 Å². The molecule has 1 saturated carbocycles. The first kappa shape index (κ1) is 15.4. The number of nitrogens with zero attached hydrogens (tertiary/aromatic N) is 3. The fourth-order valence-electron chi connectivity index (χ4n) is 3.67. The van der Waals surface area contributed by atoms with Crippen molar-refractivity contribution in [2.45, 2.75) is 51.3 Å². The number of hydrogen-bond donors (Lipinski definition) is 2. The van der Waals surface area contributed by atoms with Crippen molar-refractivity contribution in [2.24, 2.45) is 17.6 Å². The van der Waals surface area contributed by atoms with Gasteiger partial charge in [0.2, 0.25) is 5.91 Å². The number of nitrogens with two attached hydrogens (primary N) is 1. The Labute approximate surface area is 130 Å². The van der Waals surface area contributed by atoms with E-state index in [0.717, 1.165) is 44.5 Å². The lowest BCUT2D eigenvalue weighted by molar-refractivity contribution is -0.127. The molecule has 0 spiro atoms. The normalized spacial score (nSPS) is 27.6. The number of carbonyl (C=O) groups excluding carboxylic acids is 1. The lowest BCUT2D eigenvalue weighted by Crippen LogP contribution is -2.39. The first-order valence-corrected chi connectivity index (χ1v) is 8.16. The Morgan fingerprint density at radius 3 is 3.05 bits per heavy atom. The monoisotopic (exact) mass is 307 g/mol. The summed E-state index contributed by atoms with van der Waals surface area (Å²) >= 11 is 0. The zero-order chi connectivity index (χ0) is 15.5. The van der Waals surface area contributed by atoms with Crippen LogP contribution in [0.3, 0.4) is 0 Å². The highest BCUT2D eigenvalue weighted by Crippen LogP contribution is 2.32. The number of nitrogens with one attached hydrogen (secondary N) is 1. The second kappa shape index (κ2) is 6.75. The van der Waals surface area contributed by atoms with Crippen molar-refractivity contribution < 1.29 is 9.53 Å². The summed E-state index contributed by atoms with van der Waals surface area (Å²) in [7, 11) is 1.63. The van der Waals surface area contributed by atoms with Crippen molar-refractivity contribution in [3.8, 4) is 0 Å². The molecule has 1 unspecified atom stereocenters. The van der Waals surface area contributed by atoms with Crippen molar-refractivity contribution >= 4 is 5.91 Å². The zero-order valence-corrected chi connectivity index (χ0v) is 13.1. The molecule has 0 bridgehead atoms. The average Bonchev–Trinajstić information content (AvgIpc) is 3.13. The molecular formula is C15H25N5O2. The van der Waals surface area contributed by atoms with Crippen LogP contribution in [0.15, 0.2) is 0 Å². The molecule has 3 atom stereocenters. The third-order valence-electron chi connectivity index (χ3n) is 4.81. The Kier molecular flexibility index (Phi) is 4.73. The zero-order valence-electron chi connectivity index (χ0n) is 13.1. The van der Waals surface area contributed by atoms with E-state index in [1.165, 1.54) is 0 Å². The van der Waals surface area contributed by atoms with Crippen molar-refractivity contribution in [1.82, 2.24) is 20.1 Å². The molecular weight excluding hydrogens is 282 g/mol. The highest BCUT2D eigenvalue weighted by atomic mass is 16.5. The highest BCUT2D eigenvalue weighted by Gasteiger charge is 2.34. The maximum atomic E-state index is 12.6. The Morgan fingerprint density at radius 1 is 1.41 bits per heavy atom. The topological polar surface area (TPSA) is 95.1 Å². The van der Waals surface area contributed by atoms with Crippen LogP contribution in [0, 0.1) is 11.8 Å². The number of aromatic nitrogens is 3. The van der Waals surface area contributed by atoms with Crippen LogP contribution < -0.4 is 11.1 Å². The quantitative estimate of drug-likeness (QED) is 0.837. The van der Waals surface area contributed by atoms with E-state index < -0.39 is 0 Å². The summed E-state index contributed by atoms with van der Waals surface area (Å²) in [5.74, 6) is 2.04. The molecule has 7 heteroatoms. The van der Waals surface area contributed by atoms with Gasteiger partial charge in [0.15, 0.2) is 5.82 Å². The molecule has 1 fully saturated rings. The number of amides is 1. The third-order valence-corrected chi connectivity index (χ3v) is 4.81. The first-order valence-electron chi connectivity index (χ1n) is 8.16. The minimum atomic E-state index is -0.0432. The summed E-state index contributed by atoms with van der Waals surface area (Å²) in [5.41, 5.74) is 5.79. The van der Waals surface area contributed by atoms with Crippen LogP contribution in [0.5, 0.6) is 0 Å². The van der Waals surface area contributed by atoms with Gasteiger partial charge in [0.05, 0.1) is 6.04 Å². The second-order valence-electron chi connectivity index (χ2n) is 6.28. The van der Waals surface area contributed by atoms with E-state index in [4.69, 9.17) is 10.5 Å². The fraction of sp³-hybridized carbons (Fsp3) is 0.800. The lowest BCUT2D eigenvalue weighted by atomic mass is 9.94. The Bertz CT molecular complexity index is 530. The van der Waals surface area contributed by atoms with Gasteiger partial charge in [0.25, 0.3) is 0 Å². The van der Waals surface area contributed by atoms with Crippen molar-refractivity contribution in [3.63, 3.8) is 0 Å². The van der Waals surface area contributed by atoms with E-state index in [-0.39, 0.29) is 17.9 Å². The Hall–Kier alpha value is -1.47. The molecule has 1 aromatic heterocycles. The van der Waals surface area contributed by atoms with Gasteiger partial charge in [-0.25, -0.2) is 9.67 Å². The maximum Gasteiger partial charge on any atom is 0.224 e. The third kappa shape index (κ3) is 3.01. The Morgan fingerprint density at radius 2 is 2.27 bits per heavy atom. The number of ether oxygens (including phenoxy) is 1. The van der Waals surface area contributed by atoms with E-state index in [1.54, 1.807) is 7.11 Å². The highest BCUT2D eigenvalue weighted by molar-refractivity contribution is 5.79. The van der Waals surface area contributed by atoms with Gasteiger partial charge in [-0.3, -0.25) is 4.79 Å². The van der Waals surface area contributed by atoms with Gasteiger partial charge < -0.3 is 15.8 Å². The van der Waals surface area contributed by atoms with Gasteiger partial charge in [0, 0.05) is 19.6 Å². The summed E-state index contributed by atoms with van der Waals surface area (Å²) in [5, 5.41) is 7.61. The van der Waals surface area contributed by atoms with Crippen molar-refractivity contribution in [1.29, 1.82) is 0 Å². The molecule has 0 saturated heterocycles. The standard InChI is InChI=1S/C15H25N5O2/c1-22-9-13-18-14-12(6-3-7-20(14)19-13)17-15(21)11-5-2-4-10(11)8-16/h10-12H,2-9,16H2,1H3,(H,17,21)/t10-,11-,12?/m1/s1. The van der Waals surface area contributed by atoms with Gasteiger partial charge in [-0.15, -0.1) is 0 Å². The van der Waals surface area contributed by atoms with Crippen LogP contribution >= 0.6 is 0 Å². The second-order valence-corrected chi connectivity index (χ2v) is 6.28. The van der Waals surface area contributed by atoms with Gasteiger partial charge in [-0.05, 0) is 38.1 Å². The van der Waals surface area contributed by atoms with Crippen LogP contribution in [0.25, 0.3) is 0 Å². The van der Waals surface area contributed by atoms with E-state index in [2.05, 4.69) is 15.4 Å². The minimum Gasteiger partial charge on any atom is -0.377 e. The smallest absolute Gasteiger partial charge is 0.224 e. The number of aryl methyl sites for hydroxylation is 1. The maximum absolute atomic E-state index is 12.6. The number of hydrogen-bond acceptors (Lipinski definition) is 5.